The Morgan fingerprint density at radius 2 is 1.82 bits per heavy atom. The number of aryl methyl sites for hydroxylation is 1. The van der Waals surface area contributed by atoms with Gasteiger partial charge in [0.05, 0.1) is 12.5 Å². The minimum Gasteiger partial charge on any atom is -0.481 e. The summed E-state index contributed by atoms with van der Waals surface area (Å²) in [6.45, 7) is 3.72. The number of pyridine rings is 1. The van der Waals surface area contributed by atoms with Gasteiger partial charge in [0, 0.05) is 23.7 Å². The molecule has 2 N–H and O–H groups in total. The molecule has 0 unspecified atom stereocenters. The van der Waals surface area contributed by atoms with Crippen molar-refractivity contribution in [1.82, 2.24) is 9.88 Å². The maximum atomic E-state index is 14.3. The van der Waals surface area contributed by atoms with Crippen molar-refractivity contribution in [3.63, 3.8) is 0 Å². The fourth-order valence-electron chi connectivity index (χ4n) is 4.69. The number of fused-ring (bicyclic) bond motifs is 1. The summed E-state index contributed by atoms with van der Waals surface area (Å²) >= 11 is 0. The summed E-state index contributed by atoms with van der Waals surface area (Å²) in [4.78, 5) is 38.8. The number of halogens is 2. The Kier molecular flexibility index (Phi) is 8.63. The van der Waals surface area contributed by atoms with Crippen LogP contribution in [-0.4, -0.2) is 28.3 Å². The minimum absolute atomic E-state index is 0.0449. The van der Waals surface area contributed by atoms with Crippen LogP contribution in [0.5, 0.6) is 11.5 Å². The van der Waals surface area contributed by atoms with E-state index < -0.39 is 47.6 Å². The maximum absolute atomic E-state index is 14.3. The number of carboxylic acid groups (broad SMARTS) is 1. The Morgan fingerprint density at radius 1 is 1.10 bits per heavy atom. The molecule has 0 bridgehead atoms. The molecule has 0 saturated heterocycles. The summed E-state index contributed by atoms with van der Waals surface area (Å²) in [6, 6.07) is 8.12. The molecule has 0 saturated carbocycles. The van der Waals surface area contributed by atoms with Crippen LogP contribution in [0.3, 0.4) is 0 Å². The van der Waals surface area contributed by atoms with Crippen LogP contribution >= 0.6 is 0 Å². The molecule has 3 aromatic rings. The van der Waals surface area contributed by atoms with E-state index in [1.165, 1.54) is 16.8 Å². The predicted octanol–water partition coefficient (Wildman–Crippen LogP) is 4.82. The lowest BCUT2D eigenvalue weighted by Crippen LogP contribution is -2.40. The molecule has 1 aromatic heterocycles. The molecule has 0 aliphatic carbocycles. The molecule has 1 aliphatic rings. The highest BCUT2D eigenvalue weighted by molar-refractivity contribution is 5.81. The zero-order valence-corrected chi connectivity index (χ0v) is 21.7. The standard InChI is InChI=1S/C29H30F2N2O6/c1-3-4-8-24(28(36)32-23(14-27(34)35)18-9-10-25-26(13-18)39-16-38-25)33-15-17(2)11-19(29(33)37)12-20-21(30)6-5-7-22(20)31/h5-7,9-11,13,15,23-24H,3-4,8,12,14,16H2,1-2H3,(H,32,36)(H,34,35)/t23-,24-/m0/s1. The van der Waals surface area contributed by atoms with Gasteiger partial charge in [-0.25, -0.2) is 8.78 Å². The van der Waals surface area contributed by atoms with Gasteiger partial charge in [-0.1, -0.05) is 31.9 Å². The fourth-order valence-corrected chi connectivity index (χ4v) is 4.69. The number of carbonyl (C=O) groups is 2. The summed E-state index contributed by atoms with van der Waals surface area (Å²) in [5, 5.41) is 12.3. The van der Waals surface area contributed by atoms with Gasteiger partial charge in [-0.05, 0) is 54.8 Å². The number of hydrogen-bond acceptors (Lipinski definition) is 5. The number of rotatable bonds is 11. The van der Waals surface area contributed by atoms with E-state index in [1.807, 2.05) is 6.92 Å². The quantitative estimate of drug-likeness (QED) is 0.361. The van der Waals surface area contributed by atoms with Crippen LogP contribution in [-0.2, 0) is 16.0 Å². The van der Waals surface area contributed by atoms with Crippen LogP contribution in [0.25, 0.3) is 0 Å². The van der Waals surface area contributed by atoms with Gasteiger partial charge in [0.25, 0.3) is 5.56 Å². The van der Waals surface area contributed by atoms with E-state index in [9.17, 15) is 28.3 Å². The number of aromatic nitrogens is 1. The van der Waals surface area contributed by atoms with Crippen LogP contribution < -0.4 is 20.3 Å². The first-order valence-electron chi connectivity index (χ1n) is 12.7. The minimum atomic E-state index is -1.12. The monoisotopic (exact) mass is 540 g/mol. The van der Waals surface area contributed by atoms with E-state index in [2.05, 4.69) is 5.32 Å². The summed E-state index contributed by atoms with van der Waals surface area (Å²) in [5.41, 5.74) is 0.513. The first-order valence-corrected chi connectivity index (χ1v) is 12.7. The second-order valence-corrected chi connectivity index (χ2v) is 9.56. The zero-order chi connectivity index (χ0) is 28.1. The average molecular weight is 541 g/mol. The average Bonchev–Trinajstić information content (AvgIpc) is 3.36. The number of aliphatic carboxylic acids is 1. The lowest BCUT2D eigenvalue weighted by Gasteiger charge is -2.25. The third kappa shape index (κ3) is 6.45. The molecule has 0 fully saturated rings. The van der Waals surface area contributed by atoms with Crippen molar-refractivity contribution in [2.45, 2.75) is 58.0 Å². The molecule has 0 radical (unpaired) electrons. The molecule has 10 heteroatoms. The first kappa shape index (κ1) is 27.8. The molecule has 2 aromatic carbocycles. The third-order valence-corrected chi connectivity index (χ3v) is 6.65. The Morgan fingerprint density at radius 3 is 2.51 bits per heavy atom. The van der Waals surface area contributed by atoms with Crippen molar-refractivity contribution in [2.75, 3.05) is 6.79 Å². The summed E-state index contributed by atoms with van der Waals surface area (Å²) in [5.74, 6) is -2.22. The highest BCUT2D eigenvalue weighted by Gasteiger charge is 2.28. The van der Waals surface area contributed by atoms with Gasteiger partial charge >= 0.3 is 5.97 Å². The van der Waals surface area contributed by atoms with Crippen molar-refractivity contribution < 1.29 is 33.0 Å². The smallest absolute Gasteiger partial charge is 0.305 e. The Balaban J connectivity index is 1.68. The van der Waals surface area contributed by atoms with Crippen molar-refractivity contribution in [3.05, 3.63) is 92.9 Å². The Hall–Kier alpha value is -4.21. The molecule has 206 valence electrons. The van der Waals surface area contributed by atoms with Gasteiger partial charge in [-0.15, -0.1) is 0 Å². The molecule has 1 aliphatic heterocycles. The molecule has 2 atom stereocenters. The molecule has 2 heterocycles. The van der Waals surface area contributed by atoms with Crippen molar-refractivity contribution in [2.24, 2.45) is 0 Å². The van der Waals surface area contributed by atoms with Crippen LogP contribution in [0, 0.1) is 18.6 Å². The van der Waals surface area contributed by atoms with Gasteiger partial charge in [-0.2, -0.15) is 0 Å². The molecule has 39 heavy (non-hydrogen) atoms. The van der Waals surface area contributed by atoms with Crippen molar-refractivity contribution in [1.29, 1.82) is 0 Å². The number of carboxylic acids is 1. The van der Waals surface area contributed by atoms with Gasteiger partial charge in [0.1, 0.15) is 17.7 Å². The van der Waals surface area contributed by atoms with Crippen LogP contribution in [0.4, 0.5) is 8.78 Å². The van der Waals surface area contributed by atoms with Crippen LogP contribution in [0.15, 0.2) is 53.5 Å². The number of amides is 1. The van der Waals surface area contributed by atoms with Crippen molar-refractivity contribution in [3.8, 4) is 11.5 Å². The molecule has 1 amide bonds. The predicted molar refractivity (Wildman–Crippen MR) is 139 cm³/mol. The molecular weight excluding hydrogens is 510 g/mol. The highest BCUT2D eigenvalue weighted by atomic mass is 19.1. The first-order chi connectivity index (χ1) is 18.7. The SMILES string of the molecule is CCCC[C@@H](C(=O)N[C@@H](CC(=O)O)c1ccc2c(c1)OCO2)n1cc(C)cc(Cc2c(F)cccc2F)c1=O. The number of ether oxygens (including phenoxy) is 2. The van der Waals surface area contributed by atoms with E-state index in [0.29, 0.717) is 35.5 Å². The molecule has 8 nitrogen and oxygen atoms in total. The van der Waals surface area contributed by atoms with E-state index in [0.717, 1.165) is 18.6 Å². The second kappa shape index (κ2) is 12.1. The van der Waals surface area contributed by atoms with Gasteiger partial charge in [-0.3, -0.25) is 14.4 Å². The van der Waals surface area contributed by atoms with E-state index >= 15 is 0 Å². The van der Waals surface area contributed by atoms with E-state index in [1.54, 1.807) is 31.2 Å². The maximum Gasteiger partial charge on any atom is 0.305 e. The highest BCUT2D eigenvalue weighted by Crippen LogP contribution is 2.35. The molecule has 0 spiro atoms. The fraction of sp³-hybridized carbons (Fsp3) is 0.345. The van der Waals surface area contributed by atoms with Crippen molar-refractivity contribution >= 4 is 11.9 Å². The zero-order valence-electron chi connectivity index (χ0n) is 21.7. The summed E-state index contributed by atoms with van der Waals surface area (Å²) < 4.78 is 40.7. The second-order valence-electron chi connectivity index (χ2n) is 9.56. The number of unbranched alkanes of at least 4 members (excludes halogenated alkanes) is 1. The summed E-state index contributed by atoms with van der Waals surface area (Å²) in [6.07, 6.45) is 2.53. The Bertz CT molecular complexity index is 1420. The Labute approximate surface area is 224 Å². The number of hydrogen-bond donors (Lipinski definition) is 2. The van der Waals surface area contributed by atoms with Gasteiger partial charge in [0.2, 0.25) is 12.7 Å². The third-order valence-electron chi connectivity index (χ3n) is 6.65. The summed E-state index contributed by atoms with van der Waals surface area (Å²) in [7, 11) is 0. The number of nitrogens with zero attached hydrogens (tertiary/aromatic N) is 1. The largest absolute Gasteiger partial charge is 0.481 e. The number of benzene rings is 2. The number of nitrogens with one attached hydrogen (secondary N) is 1. The lowest BCUT2D eigenvalue weighted by molar-refractivity contribution is -0.138. The van der Waals surface area contributed by atoms with E-state index in [-0.39, 0.29) is 24.3 Å². The number of carbonyl (C=O) groups excluding carboxylic acids is 1. The van der Waals surface area contributed by atoms with Gasteiger partial charge < -0.3 is 24.5 Å². The normalized spacial score (nSPS) is 13.6. The van der Waals surface area contributed by atoms with Crippen LogP contribution in [0.1, 0.15) is 66.9 Å². The molecule has 4 rings (SSSR count). The van der Waals surface area contributed by atoms with E-state index in [4.69, 9.17) is 9.47 Å². The van der Waals surface area contributed by atoms with Crippen LogP contribution in [0.2, 0.25) is 0 Å². The lowest BCUT2D eigenvalue weighted by atomic mass is 10.0. The molecular formula is C29H30F2N2O6. The topological polar surface area (TPSA) is 107 Å². The van der Waals surface area contributed by atoms with Gasteiger partial charge in [0.15, 0.2) is 11.5 Å².